The Labute approximate surface area is 483 Å². The number of amides is 1. The van der Waals surface area contributed by atoms with Gasteiger partial charge >= 0.3 is 13.8 Å². The van der Waals surface area contributed by atoms with Crippen molar-refractivity contribution >= 4 is 19.7 Å². The van der Waals surface area contributed by atoms with Crippen LogP contribution in [0.3, 0.4) is 0 Å². The number of quaternary nitrogens is 1. The molecule has 9 nitrogen and oxygen atoms in total. The molecule has 0 rings (SSSR count). The van der Waals surface area contributed by atoms with E-state index in [0.29, 0.717) is 17.4 Å². The molecule has 0 radical (unpaired) electrons. The predicted octanol–water partition coefficient (Wildman–Crippen LogP) is 20.4. The van der Waals surface area contributed by atoms with E-state index in [1.165, 1.54) is 161 Å². The van der Waals surface area contributed by atoms with Gasteiger partial charge in [0, 0.05) is 12.8 Å². The number of hydrogen-bond donors (Lipinski definition) is 2. The SMILES string of the molecule is CC/C=C\C/C=C\C/C=C\C/C=C\C/C=C\CCCCCCCCCC(=O)OC(/C=C/CCCCCCCCCCCC)C(COP(=O)(O)OCC[N+](C)(C)C)NC(=O)CCCCCCCCCCCCCCCCCCC. The standard InChI is InChI=1S/C68H125N2O7P/c1-7-10-13-16-19-22-25-28-30-32-33-34-35-36-37-39-41-43-46-49-52-55-58-61-68(72)77-66(59-56-53-50-47-44-27-24-21-18-15-12-9-3)65(64-76-78(73,74)75-63-62-70(4,5)6)69-67(71)60-57-54-51-48-45-42-40-38-31-29-26-23-20-17-14-11-8-2/h10,13,19,22,28,30,33-34,36-37,56,59,65-66H,7-9,11-12,14-18,20-21,23-27,29,31-32,35,38-55,57-58,60-64H2,1-6H3,(H-,69,71,73,74)/p+1/b13-10-,22-19-,30-28-,34-33-,37-36-,59-56+. The molecule has 1 amide bonds. The summed E-state index contributed by atoms with van der Waals surface area (Å²) in [5.74, 6) is -0.510. The van der Waals surface area contributed by atoms with E-state index in [2.05, 4.69) is 86.8 Å². The van der Waals surface area contributed by atoms with Gasteiger partial charge in [-0.25, -0.2) is 4.57 Å². The van der Waals surface area contributed by atoms with Gasteiger partial charge in [-0.2, -0.15) is 0 Å². The third-order valence-corrected chi connectivity index (χ3v) is 15.4. The highest BCUT2D eigenvalue weighted by Gasteiger charge is 2.30. The average molecular weight is 1110 g/mol. The van der Waals surface area contributed by atoms with E-state index < -0.39 is 20.0 Å². The van der Waals surface area contributed by atoms with E-state index in [1.807, 2.05) is 33.3 Å². The fraction of sp³-hybridized carbons (Fsp3) is 0.794. The molecule has 3 atom stereocenters. The van der Waals surface area contributed by atoms with E-state index in [4.69, 9.17) is 13.8 Å². The van der Waals surface area contributed by atoms with Crippen LogP contribution in [0, 0.1) is 0 Å². The van der Waals surface area contributed by atoms with Gasteiger partial charge in [0.05, 0.1) is 33.8 Å². The molecule has 0 aromatic carbocycles. The van der Waals surface area contributed by atoms with Gasteiger partial charge < -0.3 is 19.4 Å². The Morgan fingerprint density at radius 2 is 0.821 bits per heavy atom. The molecule has 0 aliphatic carbocycles. The van der Waals surface area contributed by atoms with Crippen LogP contribution < -0.4 is 5.32 Å². The molecule has 0 aromatic heterocycles. The normalized spacial score (nSPS) is 14.1. The zero-order chi connectivity index (χ0) is 57.2. The van der Waals surface area contributed by atoms with Gasteiger partial charge in [0.1, 0.15) is 19.3 Å². The first kappa shape index (κ1) is 75.5. The molecule has 0 fully saturated rings. The molecule has 0 spiro atoms. The molecule has 0 saturated carbocycles. The lowest BCUT2D eigenvalue weighted by Gasteiger charge is -2.27. The van der Waals surface area contributed by atoms with Crippen LogP contribution >= 0.6 is 7.82 Å². The lowest BCUT2D eigenvalue weighted by Crippen LogP contribution is -2.47. The first-order chi connectivity index (χ1) is 37.9. The molecule has 2 N–H and O–H groups in total. The Kier molecular flexibility index (Phi) is 55.8. The number of likely N-dealkylation sites (N-methyl/N-ethyl adjacent to an activating group) is 1. The number of carbonyl (C=O) groups excluding carboxylic acids is 2. The fourth-order valence-electron chi connectivity index (χ4n) is 9.38. The van der Waals surface area contributed by atoms with Crippen molar-refractivity contribution in [2.45, 2.75) is 309 Å². The van der Waals surface area contributed by atoms with Crippen molar-refractivity contribution in [3.8, 4) is 0 Å². The summed E-state index contributed by atoms with van der Waals surface area (Å²) in [4.78, 5) is 37.8. The summed E-state index contributed by atoms with van der Waals surface area (Å²) in [5.41, 5.74) is 0. The largest absolute Gasteiger partial charge is 0.472 e. The van der Waals surface area contributed by atoms with Gasteiger partial charge in [-0.1, -0.05) is 280 Å². The fourth-order valence-corrected chi connectivity index (χ4v) is 10.1. The maximum Gasteiger partial charge on any atom is 0.472 e. The lowest BCUT2D eigenvalue weighted by molar-refractivity contribution is -0.870. The second-order valence-corrected chi connectivity index (χ2v) is 24.7. The number of nitrogens with zero attached hydrogens (tertiary/aromatic N) is 1. The van der Waals surface area contributed by atoms with Crippen LogP contribution in [0.1, 0.15) is 297 Å². The maximum atomic E-state index is 13.6. The van der Waals surface area contributed by atoms with Gasteiger partial charge in [0.2, 0.25) is 5.91 Å². The molecule has 78 heavy (non-hydrogen) atoms. The highest BCUT2D eigenvalue weighted by Crippen LogP contribution is 2.43. The zero-order valence-corrected chi connectivity index (χ0v) is 52.8. The highest BCUT2D eigenvalue weighted by atomic mass is 31.2. The first-order valence-electron chi connectivity index (χ1n) is 32.8. The number of phosphoric acid groups is 1. The summed E-state index contributed by atoms with van der Waals surface area (Å²) in [6.45, 7) is 6.92. The van der Waals surface area contributed by atoms with Crippen molar-refractivity contribution in [2.75, 3.05) is 40.9 Å². The number of phosphoric ester groups is 1. The molecule has 0 heterocycles. The molecule has 0 aliphatic heterocycles. The number of allylic oxidation sites excluding steroid dienone is 11. The first-order valence-corrected chi connectivity index (χ1v) is 34.3. The van der Waals surface area contributed by atoms with E-state index in [-0.39, 0.29) is 31.5 Å². The third-order valence-electron chi connectivity index (χ3n) is 14.4. The van der Waals surface area contributed by atoms with Crippen LogP contribution in [0.25, 0.3) is 0 Å². The summed E-state index contributed by atoms with van der Waals surface area (Å²) >= 11 is 0. The molecule has 0 bridgehead atoms. The smallest absolute Gasteiger partial charge is 0.456 e. The van der Waals surface area contributed by atoms with Gasteiger partial charge in [-0.15, -0.1) is 0 Å². The van der Waals surface area contributed by atoms with Crippen LogP contribution in [0.4, 0.5) is 0 Å². The molecular weight excluding hydrogens is 988 g/mol. The van der Waals surface area contributed by atoms with E-state index in [0.717, 1.165) is 103 Å². The number of esters is 1. The monoisotopic (exact) mass is 1110 g/mol. The second kappa shape index (κ2) is 57.7. The number of rotatable bonds is 59. The number of ether oxygens (including phenoxy) is 1. The van der Waals surface area contributed by atoms with Crippen molar-refractivity contribution in [1.29, 1.82) is 0 Å². The molecule has 0 aliphatic rings. The van der Waals surface area contributed by atoms with Gasteiger partial charge in [0.15, 0.2) is 0 Å². The molecule has 0 saturated heterocycles. The molecule has 3 unspecified atom stereocenters. The Hall–Kier alpha value is -2.55. The minimum Gasteiger partial charge on any atom is -0.456 e. The average Bonchev–Trinajstić information content (AvgIpc) is 3.40. The van der Waals surface area contributed by atoms with E-state index >= 15 is 0 Å². The maximum absolute atomic E-state index is 13.6. The number of unbranched alkanes of at least 4 members (excludes halogenated alkanes) is 33. The zero-order valence-electron chi connectivity index (χ0n) is 51.9. The van der Waals surface area contributed by atoms with Crippen LogP contribution in [0.2, 0.25) is 0 Å². The third kappa shape index (κ3) is 58.1. The Morgan fingerprint density at radius 1 is 0.462 bits per heavy atom. The quantitative estimate of drug-likeness (QED) is 0.0205. The lowest BCUT2D eigenvalue weighted by atomic mass is 10.0. The van der Waals surface area contributed by atoms with E-state index in [1.54, 1.807) is 0 Å². The molecule has 0 aromatic rings. The summed E-state index contributed by atoms with van der Waals surface area (Å²) in [6, 6.07) is -0.853. The predicted molar refractivity (Wildman–Crippen MR) is 337 cm³/mol. The molecular formula is C68H126N2O7P+. The Morgan fingerprint density at radius 3 is 1.23 bits per heavy atom. The summed E-state index contributed by atoms with van der Waals surface area (Å²) < 4.78 is 30.7. The number of hydrogen-bond acceptors (Lipinski definition) is 6. The van der Waals surface area contributed by atoms with Crippen LogP contribution in [0.15, 0.2) is 72.9 Å². The van der Waals surface area contributed by atoms with Crippen LogP contribution in [-0.4, -0.2) is 74.3 Å². The minimum atomic E-state index is -4.45. The summed E-state index contributed by atoms with van der Waals surface area (Å²) in [7, 11) is 1.49. The highest BCUT2D eigenvalue weighted by molar-refractivity contribution is 7.47. The topological polar surface area (TPSA) is 111 Å². The van der Waals surface area contributed by atoms with E-state index in [9.17, 15) is 19.0 Å². The second-order valence-electron chi connectivity index (χ2n) is 23.3. The van der Waals surface area contributed by atoms with Crippen molar-refractivity contribution in [3.05, 3.63) is 72.9 Å². The van der Waals surface area contributed by atoms with Crippen molar-refractivity contribution < 1.29 is 37.3 Å². The summed E-state index contributed by atoms with van der Waals surface area (Å²) in [6.07, 6.45) is 74.7. The number of carbonyl (C=O) groups is 2. The van der Waals surface area contributed by atoms with Crippen molar-refractivity contribution in [1.82, 2.24) is 5.32 Å². The minimum absolute atomic E-state index is 0.0376. The summed E-state index contributed by atoms with van der Waals surface area (Å²) in [5, 5.41) is 3.06. The Balaban J connectivity index is 5.19. The Bertz CT molecular complexity index is 1570. The number of nitrogens with one attached hydrogen (secondary N) is 1. The van der Waals surface area contributed by atoms with Crippen LogP contribution in [-0.2, 0) is 27.9 Å². The van der Waals surface area contributed by atoms with Gasteiger partial charge in [-0.3, -0.25) is 18.6 Å². The molecule has 454 valence electrons. The van der Waals surface area contributed by atoms with Gasteiger partial charge in [0.25, 0.3) is 0 Å². The molecule has 10 heteroatoms. The van der Waals surface area contributed by atoms with Crippen molar-refractivity contribution in [2.24, 2.45) is 0 Å². The van der Waals surface area contributed by atoms with Crippen LogP contribution in [0.5, 0.6) is 0 Å². The van der Waals surface area contributed by atoms with Crippen molar-refractivity contribution in [3.63, 3.8) is 0 Å². The van der Waals surface area contributed by atoms with Gasteiger partial charge in [-0.05, 0) is 76.7 Å².